The molecule has 0 radical (unpaired) electrons. The number of ether oxygens (including phenoxy) is 3. The van der Waals surface area contributed by atoms with E-state index in [4.69, 9.17) is 25.1 Å². The third-order valence-electron chi connectivity index (χ3n) is 8.42. The van der Waals surface area contributed by atoms with Gasteiger partial charge in [0.25, 0.3) is 0 Å². The SMILES string of the molecule is C/C=C\c1csc(C)n1.CC.CC(C)(CCOC(C)(C)C)NCC(=O)O.CCC.CCC.COCCCC(C)CCC[C@H](C)CC(C)C(=O)C(C)C(CC=O)OC(=O)CN. The highest BCUT2D eigenvalue weighted by atomic mass is 32.1. The molecule has 1 heterocycles. The number of carboxylic acid groups (broad SMARTS) is 1. The number of carbonyl (C=O) groups is 4. The molecule has 0 saturated heterocycles. The highest BCUT2D eigenvalue weighted by molar-refractivity contribution is 7.09. The van der Waals surface area contributed by atoms with Crippen molar-refractivity contribution in [1.82, 2.24) is 10.3 Å². The molecule has 4 unspecified atom stereocenters. The molecule has 0 spiro atoms. The summed E-state index contributed by atoms with van der Waals surface area (Å²) in [5, 5.41) is 14.7. The molecule has 0 bridgehead atoms. The molecular formula is C48H95N3O8S. The Labute approximate surface area is 373 Å². The van der Waals surface area contributed by atoms with E-state index in [9.17, 15) is 19.2 Å². The van der Waals surface area contributed by atoms with Crippen LogP contribution in [-0.4, -0.2) is 84.8 Å². The molecule has 4 N–H and O–H groups in total. The standard InChI is InChI=1S/C22H41NO5.C11H23NO3.C7H9NS.2C3H8.C2H6/c1-16(10-7-13-27-5)8-6-9-17(2)14-18(3)22(26)19(4)20(11-12-24)28-21(25)15-23;1-10(2,3)15-7-6-11(4,5)12-8-9(13)14;1-3-4-7-5-9-6(2)8-7;2*1-3-2;1-2/h12,16-20H,6-11,13-15,23H2,1-5H3;12H,6-8H2,1-5H3,(H,13,14);3-5H,1-2H3;2*3H2,1-2H3;1-2H3/b;;4-3-;;;/t16?,17-,18?,19?,20?;;;;;/m0...../s1. The Morgan fingerprint density at radius 3 is 1.90 bits per heavy atom. The van der Waals surface area contributed by atoms with E-state index in [1.807, 2.05) is 81.4 Å². The molecule has 0 aliphatic rings. The number of aryl methyl sites for hydroxylation is 1. The van der Waals surface area contributed by atoms with Crippen LogP contribution in [-0.2, 0) is 33.4 Å². The highest BCUT2D eigenvalue weighted by Gasteiger charge is 2.30. The molecule has 1 aromatic rings. The summed E-state index contributed by atoms with van der Waals surface area (Å²) in [4.78, 5) is 49.7. The largest absolute Gasteiger partial charge is 0.480 e. The second kappa shape index (κ2) is 43.2. The van der Waals surface area contributed by atoms with Crippen molar-refractivity contribution in [2.75, 3.05) is 33.4 Å². The molecule has 1 rings (SSSR count). The number of hydrogen-bond acceptors (Lipinski definition) is 11. The Bertz CT molecular complexity index is 1180. The van der Waals surface area contributed by atoms with Crippen molar-refractivity contribution in [2.24, 2.45) is 29.4 Å². The smallest absolute Gasteiger partial charge is 0.320 e. The number of aliphatic carboxylic acids is 1. The molecule has 11 nitrogen and oxygen atoms in total. The summed E-state index contributed by atoms with van der Waals surface area (Å²) in [5.41, 5.74) is 5.99. The van der Waals surface area contributed by atoms with Gasteiger partial charge in [-0.25, -0.2) is 4.98 Å². The third-order valence-corrected chi connectivity index (χ3v) is 9.21. The Hall–Kier alpha value is -2.51. The Morgan fingerprint density at radius 1 is 0.933 bits per heavy atom. The normalized spacial score (nSPS) is 13.3. The predicted molar refractivity (Wildman–Crippen MR) is 256 cm³/mol. The van der Waals surface area contributed by atoms with Crippen molar-refractivity contribution in [1.29, 1.82) is 0 Å². The van der Waals surface area contributed by atoms with E-state index in [-0.39, 0.29) is 42.4 Å². The molecule has 12 heteroatoms. The molecule has 0 amide bonds. The summed E-state index contributed by atoms with van der Waals surface area (Å²) in [5.74, 6) is -0.877. The van der Waals surface area contributed by atoms with Crippen LogP contribution in [0, 0.1) is 30.6 Å². The molecular weight excluding hydrogens is 779 g/mol. The number of carboxylic acids is 1. The quantitative estimate of drug-likeness (QED) is 0.0514. The fourth-order valence-electron chi connectivity index (χ4n) is 5.31. The van der Waals surface area contributed by atoms with Crippen molar-refractivity contribution < 1.29 is 38.5 Å². The maximum atomic E-state index is 12.7. The number of rotatable bonds is 24. The zero-order valence-electron chi connectivity index (χ0n) is 41.8. The lowest BCUT2D eigenvalue weighted by Crippen LogP contribution is -2.43. The average molecular weight is 874 g/mol. The Morgan fingerprint density at radius 2 is 1.47 bits per heavy atom. The molecule has 0 aromatic carbocycles. The van der Waals surface area contributed by atoms with Crippen LogP contribution in [0.5, 0.6) is 0 Å². The van der Waals surface area contributed by atoms with E-state index in [0.29, 0.717) is 24.7 Å². The van der Waals surface area contributed by atoms with Gasteiger partial charge in [0.2, 0.25) is 0 Å². The number of thiazole rings is 1. The van der Waals surface area contributed by atoms with Crippen molar-refractivity contribution in [3.8, 4) is 0 Å². The fraction of sp³-hybridized carbons (Fsp3) is 0.812. The molecule has 0 aliphatic heterocycles. The van der Waals surface area contributed by atoms with E-state index >= 15 is 0 Å². The first-order valence-corrected chi connectivity index (χ1v) is 23.4. The number of methoxy groups -OCH3 is 1. The van der Waals surface area contributed by atoms with Gasteiger partial charge in [0.1, 0.15) is 18.2 Å². The van der Waals surface area contributed by atoms with Gasteiger partial charge in [0.15, 0.2) is 0 Å². The van der Waals surface area contributed by atoms with Crippen molar-refractivity contribution in [2.45, 2.75) is 199 Å². The monoisotopic (exact) mass is 874 g/mol. The lowest BCUT2D eigenvalue weighted by atomic mass is 9.83. The first kappa shape index (κ1) is 66.6. The van der Waals surface area contributed by atoms with Gasteiger partial charge < -0.3 is 35.2 Å². The van der Waals surface area contributed by atoms with Crippen molar-refractivity contribution in [3.63, 3.8) is 0 Å². The number of nitrogens with two attached hydrogens (primary N) is 1. The van der Waals surface area contributed by atoms with Crippen LogP contribution in [0.2, 0.25) is 0 Å². The number of aromatic nitrogens is 1. The number of allylic oxidation sites excluding steroid dienone is 1. The number of nitrogens with zero attached hydrogens (tertiary/aromatic N) is 1. The summed E-state index contributed by atoms with van der Waals surface area (Å²) in [6, 6.07) is 0. The molecule has 356 valence electrons. The second-order valence-electron chi connectivity index (χ2n) is 16.8. The molecule has 60 heavy (non-hydrogen) atoms. The summed E-state index contributed by atoms with van der Waals surface area (Å²) < 4.78 is 15.9. The number of esters is 1. The predicted octanol–water partition coefficient (Wildman–Crippen LogP) is 11.5. The molecule has 0 saturated carbocycles. The Balaban J connectivity index is -0.000000260. The van der Waals surface area contributed by atoms with E-state index in [2.05, 4.69) is 57.2 Å². The van der Waals surface area contributed by atoms with E-state index < -0.39 is 24.0 Å². The fourth-order valence-corrected chi connectivity index (χ4v) is 5.89. The first-order valence-electron chi connectivity index (χ1n) is 22.6. The van der Waals surface area contributed by atoms with E-state index in [1.54, 1.807) is 25.4 Å². The average Bonchev–Trinajstić information content (AvgIpc) is 3.59. The molecule has 1 aromatic heterocycles. The number of Topliss-reactive ketones (excluding diaryl/α,β-unsaturated/α-hetero) is 1. The summed E-state index contributed by atoms with van der Waals surface area (Å²) in [7, 11) is 1.74. The van der Waals surface area contributed by atoms with Crippen LogP contribution >= 0.6 is 11.3 Å². The first-order chi connectivity index (χ1) is 28.0. The molecule has 0 fully saturated rings. The van der Waals surface area contributed by atoms with Gasteiger partial charge in [-0.2, -0.15) is 0 Å². The number of aldehydes is 1. The van der Waals surface area contributed by atoms with Crippen molar-refractivity contribution >= 4 is 41.4 Å². The summed E-state index contributed by atoms with van der Waals surface area (Å²) in [6.45, 7) is 35.8. The minimum absolute atomic E-state index is 0.0114. The summed E-state index contributed by atoms with van der Waals surface area (Å²) in [6.07, 6.45) is 13.8. The zero-order chi connectivity index (χ0) is 47.7. The van der Waals surface area contributed by atoms with E-state index in [1.165, 1.54) is 25.7 Å². The van der Waals surface area contributed by atoms with Gasteiger partial charge in [0, 0.05) is 43.6 Å². The number of ketones is 1. The Kier molecular flexibility index (Phi) is 47.9. The van der Waals surface area contributed by atoms with Crippen LogP contribution in [0.3, 0.4) is 0 Å². The maximum Gasteiger partial charge on any atom is 0.320 e. The minimum atomic E-state index is -0.834. The van der Waals surface area contributed by atoms with Crippen LogP contribution in [0.25, 0.3) is 6.08 Å². The van der Waals surface area contributed by atoms with Gasteiger partial charge in [-0.3, -0.25) is 14.4 Å². The molecule has 5 atom stereocenters. The van der Waals surface area contributed by atoms with Gasteiger partial charge in [-0.05, 0) is 92.1 Å². The van der Waals surface area contributed by atoms with Crippen LogP contribution in [0.1, 0.15) is 186 Å². The van der Waals surface area contributed by atoms with Crippen LogP contribution in [0.4, 0.5) is 0 Å². The van der Waals surface area contributed by atoms with Gasteiger partial charge in [-0.15, -0.1) is 11.3 Å². The van der Waals surface area contributed by atoms with Gasteiger partial charge in [0.05, 0.1) is 35.3 Å². The lowest BCUT2D eigenvalue weighted by Gasteiger charge is -2.28. The number of carbonyl (C=O) groups excluding carboxylic acids is 3. The minimum Gasteiger partial charge on any atom is -0.480 e. The second-order valence-corrected chi connectivity index (χ2v) is 17.8. The van der Waals surface area contributed by atoms with Gasteiger partial charge in [-0.1, -0.05) is 107 Å². The van der Waals surface area contributed by atoms with E-state index in [0.717, 1.165) is 49.4 Å². The van der Waals surface area contributed by atoms with Crippen molar-refractivity contribution in [3.05, 3.63) is 22.2 Å². The number of hydrogen-bond donors (Lipinski definition) is 3. The number of nitrogens with one attached hydrogen (secondary N) is 1. The third kappa shape index (κ3) is 46.6. The lowest BCUT2D eigenvalue weighted by molar-refractivity contribution is -0.153. The maximum absolute atomic E-state index is 12.7. The van der Waals surface area contributed by atoms with Crippen LogP contribution < -0.4 is 11.1 Å². The molecule has 0 aliphatic carbocycles. The summed E-state index contributed by atoms with van der Waals surface area (Å²) >= 11 is 1.68. The highest BCUT2D eigenvalue weighted by Crippen LogP contribution is 2.25. The van der Waals surface area contributed by atoms with Crippen LogP contribution in [0.15, 0.2) is 11.5 Å². The zero-order valence-corrected chi connectivity index (χ0v) is 42.6. The van der Waals surface area contributed by atoms with Gasteiger partial charge >= 0.3 is 11.9 Å². The topological polar surface area (TPSA) is 167 Å².